The summed E-state index contributed by atoms with van der Waals surface area (Å²) < 4.78 is 20.8. The van der Waals surface area contributed by atoms with Crippen molar-refractivity contribution >= 4 is 58.0 Å². The molecule has 5 aromatic rings. The first-order chi connectivity index (χ1) is 34.9. The number of amides is 4. The lowest BCUT2D eigenvalue weighted by molar-refractivity contribution is -0.138. The zero-order valence-electron chi connectivity index (χ0n) is 42.0. The summed E-state index contributed by atoms with van der Waals surface area (Å²) in [4.78, 5) is 82.9. The average Bonchev–Trinajstić information content (AvgIpc) is 3.76. The van der Waals surface area contributed by atoms with Crippen molar-refractivity contribution < 1.29 is 52.8 Å². The smallest absolute Gasteiger partial charge is 0.337 e. The van der Waals surface area contributed by atoms with Gasteiger partial charge in [-0.25, -0.2) is 4.79 Å². The first kappa shape index (κ1) is 56.0. The number of aryl methyl sites for hydroxylation is 2. The predicted molar refractivity (Wildman–Crippen MR) is 276 cm³/mol. The third kappa shape index (κ3) is 18.4. The molecule has 0 bridgehead atoms. The number of rotatable bonds is 32. The third-order valence-corrected chi connectivity index (χ3v) is 12.2. The van der Waals surface area contributed by atoms with E-state index in [2.05, 4.69) is 39.7 Å². The molecule has 0 saturated carbocycles. The minimum Gasteiger partial charge on any atom is -0.481 e. The second-order valence-electron chi connectivity index (χ2n) is 17.4. The van der Waals surface area contributed by atoms with Crippen molar-refractivity contribution in [3.63, 3.8) is 0 Å². The van der Waals surface area contributed by atoms with Crippen LogP contribution in [0.4, 0.5) is 11.5 Å². The van der Waals surface area contributed by atoms with E-state index in [1.165, 1.54) is 7.11 Å². The molecule has 0 aliphatic heterocycles. The molecule has 72 heavy (non-hydrogen) atoms. The first-order valence-corrected chi connectivity index (χ1v) is 24.7. The molecule has 17 nitrogen and oxygen atoms in total. The molecule has 4 aromatic carbocycles. The van der Waals surface area contributed by atoms with Crippen molar-refractivity contribution in [2.75, 3.05) is 84.1 Å². The third-order valence-electron chi connectivity index (χ3n) is 12.2. The first-order valence-electron chi connectivity index (χ1n) is 24.7. The SMILES string of the molecule is CCC(CC)N(CCN(C)C(=O)CCC(=O)NCCOCCOCCOCCC(=O)O)Cc1cccc(C(=O)Nc2[nH]c3ccccc3c2C(=O)Nc2ccc(CCCc3ccc(C(=O)OC)cc3)cc2)c1. The van der Waals surface area contributed by atoms with Crippen LogP contribution < -0.4 is 16.0 Å². The summed E-state index contributed by atoms with van der Waals surface area (Å²) >= 11 is 0. The van der Waals surface area contributed by atoms with Crippen molar-refractivity contribution in [3.05, 3.63) is 130 Å². The highest BCUT2D eigenvalue weighted by Crippen LogP contribution is 2.28. The Labute approximate surface area is 421 Å². The van der Waals surface area contributed by atoms with Crippen LogP contribution in [0.2, 0.25) is 0 Å². The van der Waals surface area contributed by atoms with Crippen LogP contribution in [-0.4, -0.2) is 135 Å². The summed E-state index contributed by atoms with van der Waals surface area (Å²) in [5.74, 6) is -2.11. The van der Waals surface area contributed by atoms with Gasteiger partial charge in [-0.05, 0) is 91.3 Å². The maximum Gasteiger partial charge on any atom is 0.337 e. The zero-order chi connectivity index (χ0) is 51.7. The number of carbonyl (C=O) groups is 6. The van der Waals surface area contributed by atoms with E-state index >= 15 is 0 Å². The number of carboxylic acid groups (broad SMARTS) is 1. The second-order valence-corrected chi connectivity index (χ2v) is 17.4. The summed E-state index contributed by atoms with van der Waals surface area (Å²) in [7, 11) is 3.11. The number of carbonyl (C=O) groups excluding carboxylic acids is 5. The number of nitrogens with one attached hydrogen (secondary N) is 4. The minimum atomic E-state index is -0.912. The molecule has 0 saturated heterocycles. The van der Waals surface area contributed by atoms with Crippen LogP contribution in [-0.2, 0) is 52.7 Å². The predicted octanol–water partition coefficient (Wildman–Crippen LogP) is 7.50. The van der Waals surface area contributed by atoms with E-state index in [0.717, 1.165) is 48.8 Å². The van der Waals surface area contributed by atoms with Crippen LogP contribution >= 0.6 is 0 Å². The van der Waals surface area contributed by atoms with Gasteiger partial charge in [-0.2, -0.15) is 0 Å². The van der Waals surface area contributed by atoms with Gasteiger partial charge in [-0.3, -0.25) is 28.9 Å². The van der Waals surface area contributed by atoms with Crippen LogP contribution in [0.1, 0.15) is 100 Å². The van der Waals surface area contributed by atoms with Crippen molar-refractivity contribution in [1.29, 1.82) is 0 Å². The monoisotopic (exact) mass is 991 g/mol. The molecule has 0 spiro atoms. The Morgan fingerprint density at radius 3 is 1.99 bits per heavy atom. The van der Waals surface area contributed by atoms with Crippen LogP contribution in [0, 0.1) is 0 Å². The van der Waals surface area contributed by atoms with E-state index in [0.29, 0.717) is 92.5 Å². The Bertz CT molecular complexity index is 2520. The van der Waals surface area contributed by atoms with Crippen molar-refractivity contribution in [3.8, 4) is 0 Å². The van der Waals surface area contributed by atoms with Crippen LogP contribution in [0.25, 0.3) is 10.9 Å². The molecule has 0 atom stereocenters. The van der Waals surface area contributed by atoms with E-state index in [1.54, 1.807) is 30.1 Å². The molecule has 4 amide bonds. The number of H-pyrrole nitrogens is 1. The molecule has 5 N–H and O–H groups in total. The van der Waals surface area contributed by atoms with Gasteiger partial charge in [-0.1, -0.05) is 68.4 Å². The van der Waals surface area contributed by atoms with Crippen molar-refractivity contribution in [1.82, 2.24) is 20.1 Å². The van der Waals surface area contributed by atoms with Gasteiger partial charge in [0.2, 0.25) is 11.8 Å². The summed E-state index contributed by atoms with van der Waals surface area (Å²) in [5, 5.41) is 18.0. The number of methoxy groups -OCH3 is 1. The number of esters is 1. The number of ether oxygens (including phenoxy) is 4. The number of hydrogen-bond acceptors (Lipinski definition) is 11. The van der Waals surface area contributed by atoms with Gasteiger partial charge in [0.1, 0.15) is 5.82 Å². The number of fused-ring (bicyclic) bond motifs is 1. The molecule has 1 aromatic heterocycles. The molecule has 17 heteroatoms. The van der Waals surface area contributed by atoms with E-state index in [1.807, 2.05) is 78.9 Å². The quantitative estimate of drug-likeness (QED) is 0.0209. The molecule has 0 radical (unpaired) electrons. The number of hydrogen-bond donors (Lipinski definition) is 5. The van der Waals surface area contributed by atoms with E-state index in [9.17, 15) is 28.8 Å². The Kier molecular flexibility index (Phi) is 23.4. The minimum absolute atomic E-state index is 0.0508. The number of anilines is 2. The van der Waals surface area contributed by atoms with E-state index < -0.39 is 5.97 Å². The maximum atomic E-state index is 14.0. The number of aromatic amines is 1. The fourth-order valence-electron chi connectivity index (χ4n) is 8.14. The normalized spacial score (nSPS) is 11.2. The molecule has 0 aliphatic carbocycles. The molecule has 1 heterocycles. The molecular weight excluding hydrogens is 921 g/mol. The van der Waals surface area contributed by atoms with E-state index in [4.69, 9.17) is 24.1 Å². The number of aliphatic carboxylic acids is 1. The van der Waals surface area contributed by atoms with Gasteiger partial charge in [0, 0.05) is 74.3 Å². The summed E-state index contributed by atoms with van der Waals surface area (Å²) in [5.41, 5.74) is 5.76. The second kappa shape index (κ2) is 30.1. The Morgan fingerprint density at radius 2 is 1.32 bits per heavy atom. The Hall–Kier alpha value is -6.92. The van der Waals surface area contributed by atoms with E-state index in [-0.39, 0.29) is 67.3 Å². The molecule has 386 valence electrons. The van der Waals surface area contributed by atoms with Gasteiger partial charge in [0.25, 0.3) is 11.8 Å². The number of para-hydroxylation sites is 1. The number of carboxylic acids is 1. The lowest BCUT2D eigenvalue weighted by atomic mass is 10.0. The Morgan fingerprint density at radius 1 is 0.667 bits per heavy atom. The molecule has 0 fully saturated rings. The highest BCUT2D eigenvalue weighted by molar-refractivity contribution is 6.19. The summed E-state index contributed by atoms with van der Waals surface area (Å²) in [6, 6.07) is 30.2. The lowest BCUT2D eigenvalue weighted by Crippen LogP contribution is -2.41. The number of aromatic nitrogens is 1. The summed E-state index contributed by atoms with van der Waals surface area (Å²) in [6.45, 7) is 7.87. The fraction of sp³-hybridized carbons (Fsp3) is 0.418. The maximum absolute atomic E-state index is 14.0. The van der Waals surface area contributed by atoms with Crippen LogP contribution in [0.5, 0.6) is 0 Å². The molecule has 0 unspecified atom stereocenters. The number of likely N-dealkylation sites (N-methyl/N-ethyl adjacent to an activating group) is 1. The average molecular weight is 991 g/mol. The van der Waals surface area contributed by atoms with Crippen LogP contribution in [0.3, 0.4) is 0 Å². The Balaban J connectivity index is 1.09. The van der Waals surface area contributed by atoms with Crippen molar-refractivity contribution in [2.24, 2.45) is 0 Å². The highest BCUT2D eigenvalue weighted by Gasteiger charge is 2.23. The summed E-state index contributed by atoms with van der Waals surface area (Å²) in [6.07, 6.45) is 4.45. The zero-order valence-corrected chi connectivity index (χ0v) is 42.0. The largest absolute Gasteiger partial charge is 0.481 e. The standard InChI is InChI=1S/C55H70N6O11/c1-5-45(6-2)61(30-29-60(3)49(63)26-25-48(62)56-28-32-71-34-36-72-35-33-70-31-27-50(64)65)38-41-13-10-14-43(37-41)53(66)59-52-51(46-15-7-8-16-47(46)58-52)54(67)57-44-23-19-40(20-24-44)12-9-11-39-17-21-42(22-18-39)55(68)69-4/h7-8,10,13-24,37,45,58H,5-6,9,11-12,25-36,38H2,1-4H3,(H,56,62)(H,57,67)(H,59,66)(H,64,65). The number of benzene rings is 4. The molecular formula is C55H70N6O11. The fourth-order valence-corrected chi connectivity index (χ4v) is 8.14. The number of nitrogens with zero attached hydrogens (tertiary/aromatic N) is 2. The van der Waals surface area contributed by atoms with Gasteiger partial charge in [0.15, 0.2) is 0 Å². The van der Waals surface area contributed by atoms with Crippen LogP contribution in [0.15, 0.2) is 97.1 Å². The van der Waals surface area contributed by atoms with Crippen molar-refractivity contribution in [2.45, 2.75) is 77.8 Å². The topological polar surface area (TPSA) is 218 Å². The van der Waals surface area contributed by atoms with Gasteiger partial charge >= 0.3 is 11.9 Å². The van der Waals surface area contributed by atoms with Gasteiger partial charge in [0.05, 0.1) is 64.3 Å². The lowest BCUT2D eigenvalue weighted by Gasteiger charge is -2.32. The highest BCUT2D eigenvalue weighted by atomic mass is 16.5. The van der Waals surface area contributed by atoms with Gasteiger partial charge in [-0.15, -0.1) is 0 Å². The molecule has 5 rings (SSSR count). The molecule has 0 aliphatic rings. The van der Waals surface area contributed by atoms with Gasteiger partial charge < -0.3 is 49.9 Å².